The second-order valence-corrected chi connectivity index (χ2v) is 18.7. The third-order valence-electron chi connectivity index (χ3n) is 13.1. The van der Waals surface area contributed by atoms with Crippen molar-refractivity contribution in [3.8, 4) is 0 Å². The second kappa shape index (κ2) is 17.5. The van der Waals surface area contributed by atoms with Crippen LogP contribution >= 0.6 is 0 Å². The third-order valence-corrected chi connectivity index (χ3v) is 13.1. The highest BCUT2D eigenvalue weighted by molar-refractivity contribution is 5.94. The van der Waals surface area contributed by atoms with E-state index in [2.05, 4.69) is 28.9 Å². The molecule has 6 aliphatic rings. The maximum atomic E-state index is 14.9. The van der Waals surface area contributed by atoms with Gasteiger partial charge >= 0.3 is 11.9 Å². The predicted octanol–water partition coefficient (Wildman–Crippen LogP) is 4.86. The van der Waals surface area contributed by atoms with Crippen LogP contribution in [0, 0.1) is 11.3 Å². The van der Waals surface area contributed by atoms with E-state index in [9.17, 15) is 24.3 Å². The van der Waals surface area contributed by atoms with E-state index in [1.165, 1.54) is 0 Å². The van der Waals surface area contributed by atoms with E-state index < -0.39 is 77.1 Å². The summed E-state index contributed by atoms with van der Waals surface area (Å²) in [5.74, 6) is -2.88. The fraction of sp³-hybridized carbons (Fsp3) is 0.510. The molecule has 2 bridgehead atoms. The summed E-state index contributed by atoms with van der Waals surface area (Å²) in [5, 5.41) is 17.2. The summed E-state index contributed by atoms with van der Waals surface area (Å²) in [5.41, 5.74) is 1.22. The number of amides is 2. The molecule has 2 saturated carbocycles. The van der Waals surface area contributed by atoms with Gasteiger partial charge in [-0.3, -0.25) is 24.0 Å². The van der Waals surface area contributed by atoms with Crippen molar-refractivity contribution in [2.24, 2.45) is 11.3 Å². The first-order valence-corrected chi connectivity index (χ1v) is 22.3. The monoisotopic (exact) mass is 863 g/mol. The first-order valence-electron chi connectivity index (χ1n) is 22.3. The summed E-state index contributed by atoms with van der Waals surface area (Å²) < 4.78 is 31.4. The molecule has 334 valence electrons. The maximum Gasteiger partial charge on any atom is 0.327 e. The van der Waals surface area contributed by atoms with Gasteiger partial charge in [-0.05, 0) is 63.5 Å². The lowest BCUT2D eigenvalue weighted by Gasteiger charge is -2.48. The van der Waals surface area contributed by atoms with Crippen LogP contribution in [0.15, 0.2) is 91.0 Å². The Labute approximate surface area is 367 Å². The normalized spacial score (nSPS) is 30.8. The highest BCUT2D eigenvalue weighted by Gasteiger charge is 2.76. The van der Waals surface area contributed by atoms with Crippen molar-refractivity contribution in [3.05, 3.63) is 113 Å². The molecule has 4 heterocycles. The number of fused-ring (bicyclic) bond motifs is 5. The van der Waals surface area contributed by atoms with Gasteiger partial charge in [0.15, 0.2) is 6.04 Å². The number of nitrogens with one attached hydrogen (secondary N) is 2. The zero-order valence-electron chi connectivity index (χ0n) is 36.0. The SMILES string of the molecule is CC(C)(C)OC(=O)CCC(CO)NC(=O)CCNC(=O)C12CC3OC(=O)C1N(Cc1cccc(C=CC4CCC5OC5C4)c1)OC2C1OC(c2ccccc2)(c2ccccc2)OC31. The number of aliphatic hydroxyl groups is 1. The highest BCUT2D eigenvalue weighted by atomic mass is 16.8. The van der Waals surface area contributed by atoms with Gasteiger partial charge in [-0.25, -0.2) is 0 Å². The Bertz CT molecular complexity index is 2160. The minimum Gasteiger partial charge on any atom is -0.460 e. The Morgan fingerprint density at radius 1 is 0.921 bits per heavy atom. The molecule has 0 aromatic heterocycles. The summed E-state index contributed by atoms with van der Waals surface area (Å²) >= 11 is 0. The summed E-state index contributed by atoms with van der Waals surface area (Å²) in [6.07, 6.45) is 5.14. The van der Waals surface area contributed by atoms with Crippen LogP contribution in [0.1, 0.15) is 88.0 Å². The number of hydrogen-bond acceptors (Lipinski definition) is 12. The van der Waals surface area contributed by atoms with E-state index in [4.69, 9.17) is 28.5 Å². The molecule has 9 rings (SSSR count). The van der Waals surface area contributed by atoms with Gasteiger partial charge in [0.1, 0.15) is 35.4 Å². The van der Waals surface area contributed by atoms with Gasteiger partial charge in [-0.2, -0.15) is 5.06 Å². The fourth-order valence-electron chi connectivity index (χ4n) is 10.2. The standard InChI is InChI=1S/C49H57N3O11/c1-47(2,3)60-40(55)22-20-35(29-53)51-39(54)23-24-50-46(57)48-27-38-41-42(62-49(61-41,33-13-6-4-7-14-33)34-15-8-5-9-16-34)44(48)63-52(43(48)45(56)59-38)28-32-12-10-11-30(25-32)17-18-31-19-21-36-37(26-31)58-36/h4-18,25,31,35-38,41-44,53H,19-24,26-29H2,1-3H3,(H,50,57)(H,51,54). The first kappa shape index (κ1) is 43.3. The van der Waals surface area contributed by atoms with Gasteiger partial charge in [0.25, 0.3) is 0 Å². The molecular weight excluding hydrogens is 807 g/mol. The van der Waals surface area contributed by atoms with Crippen LogP contribution in [0.4, 0.5) is 0 Å². The largest absolute Gasteiger partial charge is 0.460 e. The van der Waals surface area contributed by atoms with Gasteiger partial charge in [-0.15, -0.1) is 0 Å². The number of nitrogens with zero attached hydrogens (tertiary/aromatic N) is 1. The number of hydrogen-bond donors (Lipinski definition) is 3. The van der Waals surface area contributed by atoms with E-state index in [-0.39, 0.29) is 45.4 Å². The number of carbonyl (C=O) groups is 4. The molecule has 2 amide bonds. The Morgan fingerprint density at radius 2 is 1.65 bits per heavy atom. The van der Waals surface area contributed by atoms with Gasteiger partial charge in [0, 0.05) is 36.9 Å². The molecule has 4 aliphatic heterocycles. The first-order chi connectivity index (χ1) is 30.3. The number of ether oxygens (including phenoxy) is 5. The zero-order valence-corrected chi connectivity index (χ0v) is 36.0. The van der Waals surface area contributed by atoms with Crippen LogP contribution in [-0.2, 0) is 60.0 Å². The van der Waals surface area contributed by atoms with Crippen LogP contribution in [-0.4, -0.2) is 101 Å². The van der Waals surface area contributed by atoms with Gasteiger partial charge in [0.2, 0.25) is 17.6 Å². The molecule has 6 fully saturated rings. The molecular formula is C49H57N3O11. The van der Waals surface area contributed by atoms with Gasteiger partial charge < -0.3 is 39.4 Å². The Balaban J connectivity index is 0.965. The van der Waals surface area contributed by atoms with Crippen molar-refractivity contribution >= 4 is 29.8 Å². The van der Waals surface area contributed by atoms with E-state index >= 15 is 0 Å². The molecule has 2 aliphatic carbocycles. The molecule has 3 N–H and O–H groups in total. The van der Waals surface area contributed by atoms with Crippen molar-refractivity contribution in [3.63, 3.8) is 0 Å². The zero-order chi connectivity index (χ0) is 43.9. The number of benzene rings is 3. The smallest absolute Gasteiger partial charge is 0.327 e. The predicted molar refractivity (Wildman–Crippen MR) is 228 cm³/mol. The molecule has 14 heteroatoms. The number of epoxide rings is 1. The number of esters is 2. The summed E-state index contributed by atoms with van der Waals surface area (Å²) in [6.45, 7) is 5.04. The number of rotatable bonds is 15. The lowest BCUT2D eigenvalue weighted by Crippen LogP contribution is -2.69. The van der Waals surface area contributed by atoms with Crippen LogP contribution in [0.3, 0.4) is 0 Å². The topological polar surface area (TPSA) is 174 Å². The summed E-state index contributed by atoms with van der Waals surface area (Å²) in [7, 11) is 0. The van der Waals surface area contributed by atoms with Crippen LogP contribution < -0.4 is 10.6 Å². The Hall–Kier alpha value is -4.96. The number of aliphatic hydroxyl groups excluding tert-OH is 1. The molecule has 3 aromatic rings. The van der Waals surface area contributed by atoms with E-state index in [1.807, 2.05) is 78.9 Å². The number of allylic oxidation sites excluding steroid dienone is 1. The average molecular weight is 864 g/mol. The maximum absolute atomic E-state index is 14.9. The molecule has 63 heavy (non-hydrogen) atoms. The molecule has 10 atom stereocenters. The lowest BCUT2D eigenvalue weighted by atomic mass is 9.62. The van der Waals surface area contributed by atoms with Crippen molar-refractivity contribution in [2.45, 2.75) is 132 Å². The quantitative estimate of drug-likeness (QED) is 0.140. The third kappa shape index (κ3) is 8.81. The number of carbonyl (C=O) groups excluding carboxylic acids is 4. The van der Waals surface area contributed by atoms with Crippen molar-refractivity contribution in [2.75, 3.05) is 13.2 Å². The van der Waals surface area contributed by atoms with Crippen LogP contribution in [0.25, 0.3) is 6.08 Å². The van der Waals surface area contributed by atoms with E-state index in [0.29, 0.717) is 18.1 Å². The molecule has 0 radical (unpaired) electrons. The van der Waals surface area contributed by atoms with E-state index in [1.54, 1.807) is 25.8 Å². The van der Waals surface area contributed by atoms with Gasteiger partial charge in [-0.1, -0.05) is 97.1 Å². The minimum absolute atomic E-state index is 0.0143. The van der Waals surface area contributed by atoms with Crippen LogP contribution in [0.2, 0.25) is 0 Å². The second-order valence-electron chi connectivity index (χ2n) is 18.7. The Kier molecular flexibility index (Phi) is 12.1. The summed E-state index contributed by atoms with van der Waals surface area (Å²) in [4.78, 5) is 61.6. The van der Waals surface area contributed by atoms with Crippen molar-refractivity contribution in [1.82, 2.24) is 15.7 Å². The van der Waals surface area contributed by atoms with Crippen molar-refractivity contribution < 1.29 is 52.8 Å². The molecule has 14 nitrogen and oxygen atoms in total. The minimum atomic E-state index is -1.48. The number of hydroxylamine groups is 2. The summed E-state index contributed by atoms with van der Waals surface area (Å²) in [6, 6.07) is 25.3. The van der Waals surface area contributed by atoms with Crippen LogP contribution in [0.5, 0.6) is 0 Å². The van der Waals surface area contributed by atoms with Crippen molar-refractivity contribution in [1.29, 1.82) is 0 Å². The fourth-order valence-corrected chi connectivity index (χ4v) is 10.2. The van der Waals surface area contributed by atoms with E-state index in [0.717, 1.165) is 41.5 Å². The molecule has 4 saturated heterocycles. The average Bonchev–Trinajstić information content (AvgIpc) is 3.79. The molecule has 10 unspecified atom stereocenters. The molecule has 3 aromatic carbocycles. The molecule has 0 spiro atoms. The van der Waals surface area contributed by atoms with Gasteiger partial charge in [0.05, 0.1) is 31.4 Å². The Morgan fingerprint density at radius 3 is 2.35 bits per heavy atom. The highest BCUT2D eigenvalue weighted by Crippen LogP contribution is 2.59. The lowest BCUT2D eigenvalue weighted by molar-refractivity contribution is -0.213.